The Hall–Kier alpha value is -0.860. The molecule has 1 aliphatic rings. The van der Waals surface area contributed by atoms with Gasteiger partial charge in [-0.15, -0.1) is 24.0 Å². The summed E-state index contributed by atoms with van der Waals surface area (Å²) < 4.78 is 0. The smallest absolute Gasteiger partial charge is 0.191 e. The van der Waals surface area contributed by atoms with Crippen LogP contribution in [0, 0.1) is 12.8 Å². The number of halogens is 1. The zero-order chi connectivity index (χ0) is 13.8. The number of nitrogens with zero attached hydrogens (tertiary/aromatic N) is 5. The van der Waals surface area contributed by atoms with E-state index in [1.807, 2.05) is 13.8 Å². The summed E-state index contributed by atoms with van der Waals surface area (Å²) in [5.41, 5.74) is 7.90. The van der Waals surface area contributed by atoms with E-state index in [0.29, 0.717) is 12.5 Å². The molecule has 1 aliphatic heterocycles. The minimum absolute atomic E-state index is 0. The fraction of sp³-hybridized carbons (Fsp3) is 0.769. The van der Waals surface area contributed by atoms with Crippen molar-refractivity contribution in [3.63, 3.8) is 0 Å². The SMILES string of the molecule is CCn1nc(C)c(CN=C(N)N2CCC(C)CC2)n1.I. The van der Waals surface area contributed by atoms with Crippen molar-refractivity contribution in [1.82, 2.24) is 19.9 Å². The minimum Gasteiger partial charge on any atom is -0.370 e. The maximum atomic E-state index is 6.05. The lowest BCUT2D eigenvalue weighted by Crippen LogP contribution is -2.42. The molecule has 0 unspecified atom stereocenters. The molecule has 2 heterocycles. The van der Waals surface area contributed by atoms with Gasteiger partial charge in [-0.05, 0) is 32.6 Å². The molecular weight excluding hydrogens is 367 g/mol. The van der Waals surface area contributed by atoms with E-state index < -0.39 is 0 Å². The van der Waals surface area contributed by atoms with E-state index in [1.165, 1.54) is 12.8 Å². The third kappa shape index (κ3) is 4.32. The largest absolute Gasteiger partial charge is 0.370 e. The highest BCUT2D eigenvalue weighted by Gasteiger charge is 2.17. The molecule has 0 amide bonds. The van der Waals surface area contributed by atoms with Gasteiger partial charge in [0, 0.05) is 13.1 Å². The number of hydrogen-bond donors (Lipinski definition) is 1. The zero-order valence-corrected chi connectivity index (χ0v) is 14.9. The normalized spacial score (nSPS) is 17.1. The molecule has 0 radical (unpaired) electrons. The lowest BCUT2D eigenvalue weighted by atomic mass is 10.00. The fourth-order valence-electron chi connectivity index (χ4n) is 2.25. The van der Waals surface area contributed by atoms with Crippen molar-refractivity contribution in [1.29, 1.82) is 0 Å². The van der Waals surface area contributed by atoms with E-state index >= 15 is 0 Å². The molecule has 2 N–H and O–H groups in total. The molecular formula is C13H25IN6. The van der Waals surface area contributed by atoms with Gasteiger partial charge in [-0.1, -0.05) is 6.92 Å². The molecule has 6 nitrogen and oxygen atoms in total. The number of guanidine groups is 1. The number of aryl methyl sites for hydroxylation is 2. The van der Waals surface area contributed by atoms with Crippen LogP contribution in [0.1, 0.15) is 38.1 Å². The molecule has 0 bridgehead atoms. The Morgan fingerprint density at radius 2 is 2.00 bits per heavy atom. The lowest BCUT2D eigenvalue weighted by Gasteiger charge is -2.30. The van der Waals surface area contributed by atoms with Gasteiger partial charge in [0.2, 0.25) is 0 Å². The van der Waals surface area contributed by atoms with Gasteiger partial charge in [0.1, 0.15) is 5.69 Å². The van der Waals surface area contributed by atoms with Crippen molar-refractivity contribution in [3.8, 4) is 0 Å². The van der Waals surface area contributed by atoms with E-state index in [4.69, 9.17) is 5.73 Å². The van der Waals surface area contributed by atoms with Crippen molar-refractivity contribution in [2.24, 2.45) is 16.6 Å². The average molecular weight is 392 g/mol. The summed E-state index contributed by atoms with van der Waals surface area (Å²) in [6, 6.07) is 0. The summed E-state index contributed by atoms with van der Waals surface area (Å²) in [6.07, 6.45) is 2.39. The van der Waals surface area contributed by atoms with Gasteiger partial charge in [0.15, 0.2) is 5.96 Å². The van der Waals surface area contributed by atoms with Crippen molar-refractivity contribution >= 4 is 29.9 Å². The first-order chi connectivity index (χ1) is 9.10. The number of rotatable bonds is 3. The highest BCUT2D eigenvalue weighted by Crippen LogP contribution is 2.15. The van der Waals surface area contributed by atoms with Crippen molar-refractivity contribution in [3.05, 3.63) is 11.4 Å². The number of piperidine rings is 1. The highest BCUT2D eigenvalue weighted by molar-refractivity contribution is 14.0. The van der Waals surface area contributed by atoms with Crippen molar-refractivity contribution in [2.45, 2.75) is 46.7 Å². The van der Waals surface area contributed by atoms with Crippen LogP contribution in [0.2, 0.25) is 0 Å². The average Bonchev–Trinajstić information content (AvgIpc) is 2.77. The van der Waals surface area contributed by atoms with Gasteiger partial charge < -0.3 is 10.6 Å². The second kappa shape index (κ2) is 7.80. The first kappa shape index (κ1) is 17.2. The molecule has 0 atom stereocenters. The van der Waals surface area contributed by atoms with Gasteiger partial charge in [0.05, 0.1) is 18.8 Å². The van der Waals surface area contributed by atoms with Gasteiger partial charge in [-0.2, -0.15) is 15.0 Å². The third-order valence-corrected chi connectivity index (χ3v) is 3.70. The maximum Gasteiger partial charge on any atom is 0.191 e. The Morgan fingerprint density at radius 3 is 2.55 bits per heavy atom. The Balaban J connectivity index is 0.00000200. The number of nitrogens with two attached hydrogens (primary N) is 1. The second-order valence-electron chi connectivity index (χ2n) is 5.26. The van der Waals surface area contributed by atoms with Crippen LogP contribution >= 0.6 is 24.0 Å². The Bertz CT molecular complexity index is 448. The first-order valence-corrected chi connectivity index (χ1v) is 7.05. The minimum atomic E-state index is 0. The van der Waals surface area contributed by atoms with Crippen LogP contribution in [0.3, 0.4) is 0 Å². The maximum absolute atomic E-state index is 6.05. The standard InChI is InChI=1S/C13H24N6.HI/c1-4-19-16-11(3)12(17-19)9-15-13(14)18-7-5-10(2)6-8-18;/h10H,4-9H2,1-3H3,(H2,14,15);1H. The van der Waals surface area contributed by atoms with Crippen LogP contribution in [0.25, 0.3) is 0 Å². The van der Waals surface area contributed by atoms with Gasteiger partial charge in [0.25, 0.3) is 0 Å². The number of aromatic nitrogens is 3. The third-order valence-electron chi connectivity index (χ3n) is 3.70. The highest BCUT2D eigenvalue weighted by atomic mass is 127. The first-order valence-electron chi connectivity index (χ1n) is 7.05. The summed E-state index contributed by atoms with van der Waals surface area (Å²) in [6.45, 7) is 9.59. The fourth-order valence-corrected chi connectivity index (χ4v) is 2.25. The van der Waals surface area contributed by atoms with Crippen LogP contribution in [-0.4, -0.2) is 38.9 Å². The predicted molar refractivity (Wildman–Crippen MR) is 91.1 cm³/mol. The Morgan fingerprint density at radius 1 is 1.35 bits per heavy atom. The quantitative estimate of drug-likeness (QED) is 0.484. The van der Waals surface area contributed by atoms with Crippen LogP contribution in [-0.2, 0) is 13.1 Å². The molecule has 20 heavy (non-hydrogen) atoms. The molecule has 0 aliphatic carbocycles. The van der Waals surface area contributed by atoms with Crippen LogP contribution in [0.15, 0.2) is 4.99 Å². The van der Waals surface area contributed by atoms with E-state index in [-0.39, 0.29) is 24.0 Å². The van der Waals surface area contributed by atoms with Gasteiger partial charge >= 0.3 is 0 Å². The van der Waals surface area contributed by atoms with Crippen LogP contribution in [0.4, 0.5) is 0 Å². The van der Waals surface area contributed by atoms with E-state index in [2.05, 4.69) is 27.0 Å². The number of aliphatic imine (C=N–C) groups is 1. The Kier molecular flexibility index (Phi) is 6.70. The van der Waals surface area contributed by atoms with E-state index in [9.17, 15) is 0 Å². The molecule has 1 fully saturated rings. The zero-order valence-electron chi connectivity index (χ0n) is 12.5. The molecule has 1 aromatic rings. The van der Waals surface area contributed by atoms with E-state index in [0.717, 1.165) is 36.9 Å². The van der Waals surface area contributed by atoms with Crippen LogP contribution in [0.5, 0.6) is 0 Å². The summed E-state index contributed by atoms with van der Waals surface area (Å²) in [4.78, 5) is 8.32. The number of hydrogen-bond acceptors (Lipinski definition) is 3. The van der Waals surface area contributed by atoms with Crippen molar-refractivity contribution < 1.29 is 0 Å². The predicted octanol–water partition coefficient (Wildman–Crippen LogP) is 1.77. The molecule has 7 heteroatoms. The number of likely N-dealkylation sites (tertiary alicyclic amines) is 1. The molecule has 0 aromatic carbocycles. The lowest BCUT2D eigenvalue weighted by molar-refractivity contribution is 0.277. The van der Waals surface area contributed by atoms with E-state index in [1.54, 1.807) is 4.80 Å². The topological polar surface area (TPSA) is 72.3 Å². The van der Waals surface area contributed by atoms with Crippen molar-refractivity contribution in [2.75, 3.05) is 13.1 Å². The van der Waals surface area contributed by atoms with Crippen LogP contribution < -0.4 is 5.73 Å². The molecule has 2 rings (SSSR count). The summed E-state index contributed by atoms with van der Waals surface area (Å²) >= 11 is 0. The molecule has 1 aromatic heterocycles. The summed E-state index contributed by atoms with van der Waals surface area (Å²) in [5.74, 6) is 1.44. The molecule has 1 saturated heterocycles. The second-order valence-corrected chi connectivity index (χ2v) is 5.26. The molecule has 0 spiro atoms. The van der Waals surface area contributed by atoms with Gasteiger partial charge in [-0.25, -0.2) is 4.99 Å². The molecule has 114 valence electrons. The monoisotopic (exact) mass is 392 g/mol. The van der Waals surface area contributed by atoms with Gasteiger partial charge in [-0.3, -0.25) is 0 Å². The summed E-state index contributed by atoms with van der Waals surface area (Å²) in [7, 11) is 0. The summed E-state index contributed by atoms with van der Waals surface area (Å²) in [5, 5.41) is 8.69. The Labute approximate surface area is 137 Å². The molecule has 0 saturated carbocycles.